The molecular formula is C18H12F6N2. The Balaban J connectivity index is 2.21. The van der Waals surface area contributed by atoms with E-state index >= 15 is 0 Å². The SMILES string of the molecule is CN1c2ccccc2C2C(C(F)(F)F)=c3cnccc3=C(C(F)(F)F)C21. The molecular weight excluding hydrogens is 358 g/mol. The van der Waals surface area contributed by atoms with Gasteiger partial charge in [0.15, 0.2) is 0 Å². The highest BCUT2D eigenvalue weighted by atomic mass is 19.4. The first-order valence-electron chi connectivity index (χ1n) is 7.77. The van der Waals surface area contributed by atoms with Crippen LogP contribution in [-0.2, 0) is 0 Å². The summed E-state index contributed by atoms with van der Waals surface area (Å²) in [5.41, 5.74) is -1.34. The molecule has 2 unspecified atom stereocenters. The Kier molecular flexibility index (Phi) is 3.42. The summed E-state index contributed by atoms with van der Waals surface area (Å²) in [6.07, 6.45) is -7.59. The molecule has 1 aliphatic carbocycles. The Morgan fingerprint density at radius 2 is 1.54 bits per heavy atom. The molecule has 4 rings (SSSR count). The van der Waals surface area contributed by atoms with E-state index in [2.05, 4.69) is 4.98 Å². The zero-order valence-corrected chi connectivity index (χ0v) is 13.4. The molecule has 2 atom stereocenters. The number of pyridine rings is 1. The van der Waals surface area contributed by atoms with Crippen LogP contribution in [-0.4, -0.2) is 30.4 Å². The van der Waals surface area contributed by atoms with Gasteiger partial charge in [0, 0.05) is 36.3 Å². The molecule has 2 heterocycles. The van der Waals surface area contributed by atoms with Gasteiger partial charge in [0.2, 0.25) is 0 Å². The molecule has 1 aromatic carbocycles. The first kappa shape index (κ1) is 16.9. The van der Waals surface area contributed by atoms with E-state index in [1.54, 1.807) is 12.1 Å². The van der Waals surface area contributed by atoms with Gasteiger partial charge in [-0.2, -0.15) is 26.3 Å². The number of aromatic nitrogens is 1. The van der Waals surface area contributed by atoms with E-state index in [-0.39, 0.29) is 5.56 Å². The predicted octanol–water partition coefficient (Wildman–Crippen LogP) is 3.12. The number of hydrogen-bond acceptors (Lipinski definition) is 2. The smallest absolute Gasteiger partial charge is 0.366 e. The number of nitrogens with zero attached hydrogens (tertiary/aromatic N) is 2. The number of anilines is 1. The summed E-state index contributed by atoms with van der Waals surface area (Å²) in [7, 11) is 1.40. The summed E-state index contributed by atoms with van der Waals surface area (Å²) in [5.74, 6) is -1.45. The molecule has 0 radical (unpaired) electrons. The van der Waals surface area contributed by atoms with E-state index in [0.717, 1.165) is 18.5 Å². The highest BCUT2D eigenvalue weighted by molar-refractivity contribution is 5.83. The molecule has 1 aromatic heterocycles. The van der Waals surface area contributed by atoms with Gasteiger partial charge < -0.3 is 4.90 Å². The third-order valence-corrected chi connectivity index (χ3v) is 5.00. The lowest BCUT2D eigenvalue weighted by atomic mass is 9.78. The second-order valence-electron chi connectivity index (χ2n) is 6.34. The van der Waals surface area contributed by atoms with Crippen molar-refractivity contribution in [2.45, 2.75) is 24.3 Å². The molecule has 26 heavy (non-hydrogen) atoms. The van der Waals surface area contributed by atoms with Crippen LogP contribution in [0.15, 0.2) is 42.7 Å². The highest BCUT2D eigenvalue weighted by Gasteiger charge is 2.55. The van der Waals surface area contributed by atoms with Crippen molar-refractivity contribution in [2.75, 3.05) is 11.9 Å². The number of alkyl halides is 6. The maximum atomic E-state index is 13.9. The Morgan fingerprint density at radius 1 is 0.885 bits per heavy atom. The van der Waals surface area contributed by atoms with Gasteiger partial charge in [-0.15, -0.1) is 0 Å². The number of benzene rings is 1. The molecule has 0 spiro atoms. The van der Waals surface area contributed by atoms with Crippen LogP contribution in [0.25, 0.3) is 11.1 Å². The lowest BCUT2D eigenvalue weighted by Gasteiger charge is -2.35. The zero-order valence-electron chi connectivity index (χ0n) is 13.4. The van der Waals surface area contributed by atoms with Crippen molar-refractivity contribution in [3.63, 3.8) is 0 Å². The summed E-state index contributed by atoms with van der Waals surface area (Å²) >= 11 is 0. The maximum absolute atomic E-state index is 13.9. The molecule has 8 heteroatoms. The number of likely N-dealkylation sites (N-methyl/N-ethyl adjacent to an activating group) is 1. The van der Waals surface area contributed by atoms with Crippen LogP contribution in [0.1, 0.15) is 11.5 Å². The van der Waals surface area contributed by atoms with Crippen molar-refractivity contribution in [1.29, 1.82) is 0 Å². The lowest BCUT2D eigenvalue weighted by molar-refractivity contribution is -0.0808. The zero-order chi connectivity index (χ0) is 18.9. The Morgan fingerprint density at radius 3 is 2.19 bits per heavy atom. The molecule has 136 valence electrons. The quantitative estimate of drug-likeness (QED) is 0.663. The van der Waals surface area contributed by atoms with Gasteiger partial charge in [-0.3, -0.25) is 4.98 Å². The first-order chi connectivity index (χ1) is 12.1. The minimum atomic E-state index is -4.78. The van der Waals surface area contributed by atoms with Crippen molar-refractivity contribution in [3.8, 4) is 0 Å². The Bertz CT molecular complexity index is 1010. The lowest BCUT2D eigenvalue weighted by Crippen LogP contribution is -2.51. The number of rotatable bonds is 0. The Labute approximate surface area is 144 Å². The summed E-state index contributed by atoms with van der Waals surface area (Å²) in [4.78, 5) is 4.94. The number of para-hydroxylation sites is 1. The summed E-state index contributed by atoms with van der Waals surface area (Å²) in [5, 5.41) is -0.959. The number of fused-ring (bicyclic) bond motifs is 4. The molecule has 0 N–H and O–H groups in total. The minimum absolute atomic E-state index is 0.239. The van der Waals surface area contributed by atoms with Gasteiger partial charge in [0.25, 0.3) is 0 Å². The normalized spacial score (nSPS) is 22.2. The van der Waals surface area contributed by atoms with Crippen LogP contribution >= 0.6 is 0 Å². The van der Waals surface area contributed by atoms with Crippen LogP contribution in [0, 0.1) is 0 Å². The predicted molar refractivity (Wildman–Crippen MR) is 83.8 cm³/mol. The van der Waals surface area contributed by atoms with E-state index in [1.807, 2.05) is 0 Å². The van der Waals surface area contributed by atoms with E-state index in [1.165, 1.54) is 24.1 Å². The fourth-order valence-electron chi connectivity index (χ4n) is 4.11. The van der Waals surface area contributed by atoms with Gasteiger partial charge >= 0.3 is 12.4 Å². The molecule has 2 aliphatic rings. The minimum Gasteiger partial charge on any atom is -0.366 e. The van der Waals surface area contributed by atoms with Gasteiger partial charge in [-0.25, -0.2) is 0 Å². The second-order valence-corrected chi connectivity index (χ2v) is 6.34. The molecule has 0 amide bonds. The standard InChI is InChI=1S/C18H12F6N2/c1-26-12-5-3-2-4-10(12)13-14(17(19,20)21)11-8-25-7-6-9(11)15(16(13)26)18(22,23)24/h2-8,13,16H,1H3. The van der Waals surface area contributed by atoms with E-state index < -0.39 is 45.9 Å². The highest BCUT2D eigenvalue weighted by Crippen LogP contribution is 2.53. The van der Waals surface area contributed by atoms with Crippen molar-refractivity contribution >= 4 is 16.8 Å². The first-order valence-corrected chi connectivity index (χ1v) is 7.77. The maximum Gasteiger partial charge on any atom is 0.415 e. The van der Waals surface area contributed by atoms with Crippen molar-refractivity contribution in [1.82, 2.24) is 4.98 Å². The monoisotopic (exact) mass is 370 g/mol. The van der Waals surface area contributed by atoms with Gasteiger partial charge in [-0.05, 0) is 22.9 Å². The fourth-order valence-corrected chi connectivity index (χ4v) is 4.11. The largest absolute Gasteiger partial charge is 0.415 e. The van der Waals surface area contributed by atoms with Crippen molar-refractivity contribution in [2.24, 2.45) is 0 Å². The average Bonchev–Trinajstić information content (AvgIpc) is 2.84. The van der Waals surface area contributed by atoms with Crippen LogP contribution in [0.5, 0.6) is 0 Å². The molecule has 0 saturated heterocycles. The third-order valence-electron chi connectivity index (χ3n) is 5.00. The topological polar surface area (TPSA) is 16.1 Å². The molecule has 1 aliphatic heterocycles. The van der Waals surface area contributed by atoms with Gasteiger partial charge in [-0.1, -0.05) is 18.2 Å². The van der Waals surface area contributed by atoms with Crippen LogP contribution in [0.2, 0.25) is 0 Å². The van der Waals surface area contributed by atoms with Crippen LogP contribution in [0.3, 0.4) is 0 Å². The van der Waals surface area contributed by atoms with E-state index in [4.69, 9.17) is 0 Å². The number of halogens is 6. The molecule has 0 fully saturated rings. The van der Waals surface area contributed by atoms with E-state index in [0.29, 0.717) is 5.69 Å². The van der Waals surface area contributed by atoms with Crippen molar-refractivity contribution in [3.05, 3.63) is 58.7 Å². The summed E-state index contributed by atoms with van der Waals surface area (Å²) < 4.78 is 83.5. The average molecular weight is 370 g/mol. The third kappa shape index (κ3) is 2.24. The van der Waals surface area contributed by atoms with Gasteiger partial charge in [0.05, 0.1) is 17.2 Å². The van der Waals surface area contributed by atoms with Gasteiger partial charge in [0.1, 0.15) is 0 Å². The molecule has 0 saturated carbocycles. The summed E-state index contributed by atoms with van der Waals surface area (Å²) in [6.45, 7) is 0. The second kappa shape index (κ2) is 5.25. The Hall–Kier alpha value is -2.51. The van der Waals surface area contributed by atoms with Crippen LogP contribution in [0.4, 0.5) is 32.0 Å². The fraction of sp³-hybridized carbons (Fsp3) is 0.278. The molecule has 0 bridgehead atoms. The summed E-state index contributed by atoms with van der Waals surface area (Å²) in [6, 6.07) is 5.67. The van der Waals surface area contributed by atoms with Crippen LogP contribution < -0.4 is 15.3 Å². The number of hydrogen-bond donors (Lipinski definition) is 0. The molecule has 2 nitrogen and oxygen atoms in total. The van der Waals surface area contributed by atoms with Crippen molar-refractivity contribution < 1.29 is 26.3 Å². The molecule has 2 aromatic rings. The van der Waals surface area contributed by atoms with E-state index in [9.17, 15) is 26.3 Å².